The highest BCUT2D eigenvalue weighted by atomic mass is 19.3. The van der Waals surface area contributed by atoms with Crippen molar-refractivity contribution < 1.29 is 18.7 Å². The Kier molecular flexibility index (Phi) is 4.63. The van der Waals surface area contributed by atoms with E-state index in [-0.39, 0.29) is 11.9 Å². The summed E-state index contributed by atoms with van der Waals surface area (Å²) < 4.78 is 28.4. The zero-order valence-corrected chi connectivity index (χ0v) is 15.2. The van der Waals surface area contributed by atoms with Crippen LogP contribution in [-0.4, -0.2) is 51.2 Å². The van der Waals surface area contributed by atoms with Gasteiger partial charge in [-0.1, -0.05) is 12.1 Å². The number of rotatable bonds is 3. The number of benzene rings is 1. The molecule has 2 aliphatic heterocycles. The van der Waals surface area contributed by atoms with Crippen molar-refractivity contribution in [1.29, 1.82) is 0 Å². The number of imidazole rings is 1. The average Bonchev–Trinajstić information content (AvgIpc) is 3.05. The maximum Gasteiger partial charge on any atom is 0.320 e. The monoisotopic (exact) mass is 378 g/mol. The van der Waals surface area contributed by atoms with Gasteiger partial charge in [-0.3, -0.25) is 14.3 Å². The molecule has 0 bridgehead atoms. The minimum atomic E-state index is -2.66. The van der Waals surface area contributed by atoms with Crippen LogP contribution in [-0.2, 0) is 4.79 Å². The van der Waals surface area contributed by atoms with Crippen molar-refractivity contribution in [2.45, 2.75) is 44.9 Å². The van der Waals surface area contributed by atoms with Gasteiger partial charge in [0.1, 0.15) is 5.82 Å². The Morgan fingerprint density at radius 3 is 2.70 bits per heavy atom. The van der Waals surface area contributed by atoms with Crippen LogP contribution in [0.1, 0.15) is 44.6 Å². The van der Waals surface area contributed by atoms with Gasteiger partial charge in [0.2, 0.25) is 5.91 Å². The van der Waals surface area contributed by atoms with Crippen molar-refractivity contribution in [3.63, 3.8) is 0 Å². The Bertz CT molecular complexity index is 845. The second-order valence-electron chi connectivity index (χ2n) is 7.67. The number of piperidine rings is 2. The van der Waals surface area contributed by atoms with E-state index in [0.29, 0.717) is 55.8 Å². The van der Waals surface area contributed by atoms with E-state index in [4.69, 9.17) is 0 Å². The summed E-state index contributed by atoms with van der Waals surface area (Å²) in [5.41, 5.74) is 0.442. The lowest BCUT2D eigenvalue weighted by atomic mass is 9.71. The molecular weight excluding hydrogens is 354 g/mol. The van der Waals surface area contributed by atoms with Crippen molar-refractivity contribution in [2.75, 3.05) is 19.6 Å². The van der Waals surface area contributed by atoms with Gasteiger partial charge in [-0.2, -0.15) is 8.78 Å². The molecule has 2 fully saturated rings. The van der Waals surface area contributed by atoms with E-state index >= 15 is 0 Å². The fraction of sp³-hybridized carbons (Fsp3) is 0.579. The molecule has 1 amide bonds. The van der Waals surface area contributed by atoms with E-state index in [1.54, 1.807) is 24.3 Å². The SMILES string of the molecule is CC(c1nc2ccccc2n1C(F)F)N1CCC2(CC1)CC(O)CNC2=O. The van der Waals surface area contributed by atoms with Gasteiger partial charge in [-0.25, -0.2) is 4.98 Å². The van der Waals surface area contributed by atoms with E-state index in [1.165, 1.54) is 0 Å². The quantitative estimate of drug-likeness (QED) is 0.861. The summed E-state index contributed by atoms with van der Waals surface area (Å²) in [4.78, 5) is 18.9. The fourth-order valence-corrected chi connectivity index (χ4v) is 4.51. The first kappa shape index (κ1) is 18.3. The third kappa shape index (κ3) is 3.10. The lowest BCUT2D eigenvalue weighted by molar-refractivity contribution is -0.141. The van der Waals surface area contributed by atoms with Crippen LogP contribution in [0, 0.1) is 5.41 Å². The first-order chi connectivity index (χ1) is 12.9. The highest BCUT2D eigenvalue weighted by molar-refractivity contribution is 5.83. The Labute approximate surface area is 156 Å². The van der Waals surface area contributed by atoms with Crippen LogP contribution in [0.2, 0.25) is 0 Å². The molecule has 4 rings (SSSR count). The number of aromatic nitrogens is 2. The normalized spacial score (nSPS) is 24.5. The molecule has 0 saturated carbocycles. The first-order valence-corrected chi connectivity index (χ1v) is 9.37. The number of halogens is 2. The molecule has 146 valence electrons. The number of aliphatic hydroxyl groups excluding tert-OH is 1. The molecule has 1 aromatic carbocycles. The van der Waals surface area contributed by atoms with Crippen molar-refractivity contribution in [2.24, 2.45) is 5.41 Å². The van der Waals surface area contributed by atoms with Gasteiger partial charge in [0, 0.05) is 6.54 Å². The number of alkyl halides is 2. The van der Waals surface area contributed by atoms with Gasteiger partial charge in [-0.15, -0.1) is 0 Å². The number of hydrogen-bond donors (Lipinski definition) is 2. The second-order valence-corrected chi connectivity index (χ2v) is 7.67. The molecular formula is C19H24F2N4O2. The molecule has 8 heteroatoms. The molecule has 1 aromatic heterocycles. The minimum absolute atomic E-state index is 0.0000721. The number of carbonyl (C=O) groups excluding carboxylic acids is 1. The van der Waals surface area contributed by atoms with Gasteiger partial charge in [0.25, 0.3) is 0 Å². The van der Waals surface area contributed by atoms with Crippen LogP contribution in [0.3, 0.4) is 0 Å². The predicted molar refractivity (Wildman–Crippen MR) is 96.3 cm³/mol. The van der Waals surface area contributed by atoms with Gasteiger partial charge in [0.05, 0.1) is 28.6 Å². The van der Waals surface area contributed by atoms with E-state index in [1.807, 2.05) is 6.92 Å². The lowest BCUT2D eigenvalue weighted by Crippen LogP contribution is -2.56. The van der Waals surface area contributed by atoms with Crippen molar-refractivity contribution in [1.82, 2.24) is 19.8 Å². The Morgan fingerprint density at radius 1 is 1.30 bits per heavy atom. The Morgan fingerprint density at radius 2 is 2.00 bits per heavy atom. The molecule has 2 aliphatic rings. The summed E-state index contributed by atoms with van der Waals surface area (Å²) in [6.07, 6.45) is 1.16. The minimum Gasteiger partial charge on any atom is -0.391 e. The smallest absolute Gasteiger partial charge is 0.320 e. The summed E-state index contributed by atoms with van der Waals surface area (Å²) in [7, 11) is 0. The topological polar surface area (TPSA) is 70.4 Å². The zero-order valence-electron chi connectivity index (χ0n) is 15.2. The van der Waals surface area contributed by atoms with Crippen LogP contribution in [0.25, 0.3) is 11.0 Å². The van der Waals surface area contributed by atoms with E-state index in [0.717, 1.165) is 4.57 Å². The summed E-state index contributed by atoms with van der Waals surface area (Å²) in [5.74, 6) is 0.343. The van der Waals surface area contributed by atoms with Crippen molar-refractivity contribution >= 4 is 16.9 Å². The molecule has 2 atom stereocenters. The van der Waals surface area contributed by atoms with Crippen LogP contribution < -0.4 is 5.32 Å². The first-order valence-electron chi connectivity index (χ1n) is 9.37. The van der Waals surface area contributed by atoms with Crippen molar-refractivity contribution in [3.05, 3.63) is 30.1 Å². The number of fused-ring (bicyclic) bond motifs is 1. The third-order valence-electron chi connectivity index (χ3n) is 6.10. The summed E-state index contributed by atoms with van der Waals surface area (Å²) >= 11 is 0. The predicted octanol–water partition coefficient (Wildman–Crippen LogP) is 2.46. The van der Waals surface area contributed by atoms with Gasteiger partial charge in [0.15, 0.2) is 0 Å². The molecule has 2 unspecified atom stereocenters. The molecule has 0 aliphatic carbocycles. The highest BCUT2D eigenvalue weighted by Crippen LogP contribution is 2.40. The highest BCUT2D eigenvalue weighted by Gasteiger charge is 2.46. The summed E-state index contributed by atoms with van der Waals surface area (Å²) in [6.45, 7) is 0.736. The number of β-amino-alcohol motifs (C(OH)–C–C–N with tert-alkyl or cyclic N) is 1. The maximum atomic E-state index is 13.7. The number of hydrogen-bond acceptors (Lipinski definition) is 4. The van der Waals surface area contributed by atoms with Crippen LogP contribution in [0.15, 0.2) is 24.3 Å². The third-order valence-corrected chi connectivity index (χ3v) is 6.10. The van der Waals surface area contributed by atoms with Crippen molar-refractivity contribution in [3.8, 4) is 0 Å². The Balaban J connectivity index is 1.56. The number of likely N-dealkylation sites (tertiary alicyclic amines) is 1. The Hall–Kier alpha value is -2.06. The number of amides is 1. The van der Waals surface area contributed by atoms with Crippen LogP contribution in [0.5, 0.6) is 0 Å². The molecule has 2 N–H and O–H groups in total. The van der Waals surface area contributed by atoms with Crippen LogP contribution in [0.4, 0.5) is 8.78 Å². The molecule has 1 spiro atoms. The molecule has 0 radical (unpaired) electrons. The summed E-state index contributed by atoms with van der Waals surface area (Å²) in [6, 6.07) is 6.62. The number of nitrogens with zero attached hydrogens (tertiary/aromatic N) is 3. The molecule has 6 nitrogen and oxygen atoms in total. The molecule has 27 heavy (non-hydrogen) atoms. The van der Waals surface area contributed by atoms with Gasteiger partial charge < -0.3 is 10.4 Å². The number of para-hydroxylation sites is 2. The van der Waals surface area contributed by atoms with E-state index < -0.39 is 18.1 Å². The van der Waals surface area contributed by atoms with Crippen LogP contribution >= 0.6 is 0 Å². The summed E-state index contributed by atoms with van der Waals surface area (Å²) in [5, 5.41) is 12.7. The molecule has 2 saturated heterocycles. The standard InChI is InChI=1S/C19H24F2N4O2/c1-12(16-23-14-4-2-3-5-15(14)25(16)18(20)21)24-8-6-19(7-9-24)10-13(26)11-22-17(19)27/h2-5,12-13,18,26H,6-11H2,1H3,(H,22,27). The molecule has 3 heterocycles. The number of carbonyl (C=O) groups is 1. The molecule has 2 aromatic rings. The second kappa shape index (κ2) is 6.83. The van der Waals surface area contributed by atoms with Gasteiger partial charge >= 0.3 is 6.55 Å². The number of aliphatic hydroxyl groups is 1. The zero-order chi connectivity index (χ0) is 19.2. The number of nitrogens with one attached hydrogen (secondary N) is 1. The average molecular weight is 378 g/mol. The lowest BCUT2D eigenvalue weighted by Gasteiger charge is -2.45. The largest absolute Gasteiger partial charge is 0.391 e. The maximum absolute atomic E-state index is 13.7. The van der Waals surface area contributed by atoms with E-state index in [9.17, 15) is 18.7 Å². The van der Waals surface area contributed by atoms with Gasteiger partial charge in [-0.05, 0) is 51.4 Å². The fourth-order valence-electron chi connectivity index (χ4n) is 4.51. The van der Waals surface area contributed by atoms with E-state index in [2.05, 4.69) is 15.2 Å².